The maximum absolute atomic E-state index is 11.9. The van der Waals surface area contributed by atoms with E-state index in [1.165, 1.54) is 18.6 Å². The molecule has 0 aliphatic carbocycles. The van der Waals surface area contributed by atoms with Crippen LogP contribution >= 0.6 is 11.6 Å². The third-order valence-electron chi connectivity index (χ3n) is 2.85. The molecular weight excluding hydrogens is 278 g/mol. The number of rotatable bonds is 4. The highest BCUT2D eigenvalue weighted by molar-refractivity contribution is 6.32. The van der Waals surface area contributed by atoms with Gasteiger partial charge in [0.1, 0.15) is 11.4 Å². The monoisotopic (exact) mass is 291 g/mol. The molecule has 2 rings (SSSR count). The predicted molar refractivity (Wildman–Crippen MR) is 75.9 cm³/mol. The molecule has 0 radical (unpaired) electrons. The van der Waals surface area contributed by atoms with Gasteiger partial charge in [0.2, 0.25) is 0 Å². The number of hydrogen-bond donors (Lipinski definition) is 1. The van der Waals surface area contributed by atoms with Crippen LogP contribution in [0.15, 0.2) is 30.7 Å². The number of carbonyl (C=O) groups excluding carboxylic acids is 1. The zero-order valence-corrected chi connectivity index (χ0v) is 11.9. The lowest BCUT2D eigenvalue weighted by Gasteiger charge is -2.11. The van der Waals surface area contributed by atoms with Gasteiger partial charge >= 0.3 is 0 Å². The molecule has 0 atom stereocenters. The van der Waals surface area contributed by atoms with Crippen LogP contribution in [0.1, 0.15) is 21.6 Å². The molecular formula is C14H14ClN3O2. The zero-order valence-electron chi connectivity index (χ0n) is 11.2. The summed E-state index contributed by atoms with van der Waals surface area (Å²) in [5.74, 6) is 0.345. The second-order valence-electron chi connectivity index (χ2n) is 4.19. The van der Waals surface area contributed by atoms with Crippen molar-refractivity contribution in [1.29, 1.82) is 0 Å². The minimum absolute atomic E-state index is 0.274. The maximum atomic E-state index is 11.9. The van der Waals surface area contributed by atoms with Crippen LogP contribution in [0.5, 0.6) is 5.75 Å². The van der Waals surface area contributed by atoms with Crippen LogP contribution in [0.4, 0.5) is 0 Å². The normalized spacial score (nSPS) is 10.2. The molecule has 0 aliphatic heterocycles. The average molecular weight is 292 g/mol. The molecule has 0 bridgehead atoms. The third-order valence-corrected chi connectivity index (χ3v) is 3.14. The molecule has 1 aromatic heterocycles. The number of amides is 1. The van der Waals surface area contributed by atoms with Gasteiger partial charge in [0.15, 0.2) is 0 Å². The predicted octanol–water partition coefficient (Wildman–Crippen LogP) is 2.38. The summed E-state index contributed by atoms with van der Waals surface area (Å²) in [5.41, 5.74) is 2.20. The first-order chi connectivity index (χ1) is 9.61. The van der Waals surface area contributed by atoms with Crippen LogP contribution in [0.25, 0.3) is 0 Å². The molecule has 1 heterocycles. The molecule has 1 N–H and O–H groups in total. The van der Waals surface area contributed by atoms with E-state index in [0.717, 1.165) is 11.1 Å². The number of hydrogen-bond acceptors (Lipinski definition) is 4. The first-order valence-electron chi connectivity index (χ1n) is 5.99. The van der Waals surface area contributed by atoms with Gasteiger partial charge in [0, 0.05) is 18.9 Å². The highest BCUT2D eigenvalue weighted by Gasteiger charge is 2.10. The molecule has 1 aromatic carbocycles. The SMILES string of the molecule is COc1cc(C)c(CNC(=O)c2cnccn2)cc1Cl. The Labute approximate surface area is 122 Å². The van der Waals surface area contributed by atoms with Gasteiger partial charge in [-0.1, -0.05) is 11.6 Å². The first-order valence-corrected chi connectivity index (χ1v) is 6.37. The molecule has 2 aromatic rings. The maximum Gasteiger partial charge on any atom is 0.271 e. The standard InChI is InChI=1S/C14H14ClN3O2/c1-9-5-13(20-2)11(15)6-10(9)7-18-14(19)12-8-16-3-4-17-12/h3-6,8H,7H2,1-2H3,(H,18,19). The summed E-state index contributed by atoms with van der Waals surface area (Å²) < 4.78 is 5.14. The number of aryl methyl sites for hydroxylation is 1. The summed E-state index contributed by atoms with van der Waals surface area (Å²) >= 11 is 6.07. The number of nitrogens with zero attached hydrogens (tertiary/aromatic N) is 2. The van der Waals surface area contributed by atoms with E-state index in [1.54, 1.807) is 13.2 Å². The number of halogens is 1. The van der Waals surface area contributed by atoms with Gasteiger partial charge in [-0.2, -0.15) is 0 Å². The van der Waals surface area contributed by atoms with E-state index < -0.39 is 0 Å². The molecule has 20 heavy (non-hydrogen) atoms. The van der Waals surface area contributed by atoms with Gasteiger partial charge in [0.05, 0.1) is 18.3 Å². The minimum atomic E-state index is -0.274. The molecule has 0 saturated heterocycles. The van der Waals surface area contributed by atoms with Gasteiger partial charge in [-0.3, -0.25) is 9.78 Å². The summed E-state index contributed by atoms with van der Waals surface area (Å²) in [5, 5.41) is 3.30. The van der Waals surface area contributed by atoms with Crippen LogP contribution in [0, 0.1) is 6.92 Å². The zero-order chi connectivity index (χ0) is 14.5. The number of methoxy groups -OCH3 is 1. The van der Waals surface area contributed by atoms with Crippen LogP contribution < -0.4 is 10.1 Å². The Balaban J connectivity index is 2.08. The van der Waals surface area contributed by atoms with Crippen LogP contribution in [0.2, 0.25) is 5.02 Å². The lowest BCUT2D eigenvalue weighted by Crippen LogP contribution is -2.24. The van der Waals surface area contributed by atoms with E-state index >= 15 is 0 Å². The van der Waals surface area contributed by atoms with Crippen molar-refractivity contribution in [1.82, 2.24) is 15.3 Å². The minimum Gasteiger partial charge on any atom is -0.495 e. The topological polar surface area (TPSA) is 64.1 Å². The molecule has 0 fully saturated rings. The Hall–Kier alpha value is -2.14. The van der Waals surface area contributed by atoms with Gasteiger partial charge in [-0.25, -0.2) is 4.98 Å². The Morgan fingerprint density at radius 1 is 1.40 bits per heavy atom. The van der Waals surface area contributed by atoms with Crippen molar-refractivity contribution in [3.8, 4) is 5.75 Å². The summed E-state index contributed by atoms with van der Waals surface area (Å²) in [6.45, 7) is 2.30. The van der Waals surface area contributed by atoms with Gasteiger partial charge in [-0.15, -0.1) is 0 Å². The fourth-order valence-electron chi connectivity index (χ4n) is 1.73. The molecule has 0 spiro atoms. The Morgan fingerprint density at radius 3 is 2.85 bits per heavy atom. The largest absolute Gasteiger partial charge is 0.495 e. The summed E-state index contributed by atoms with van der Waals surface area (Å²) in [6, 6.07) is 3.62. The smallest absolute Gasteiger partial charge is 0.271 e. The average Bonchev–Trinajstić information content (AvgIpc) is 2.48. The highest BCUT2D eigenvalue weighted by atomic mass is 35.5. The van der Waals surface area contributed by atoms with Crippen molar-refractivity contribution in [2.75, 3.05) is 7.11 Å². The number of aromatic nitrogens is 2. The van der Waals surface area contributed by atoms with Crippen LogP contribution in [-0.4, -0.2) is 23.0 Å². The number of ether oxygens (including phenoxy) is 1. The van der Waals surface area contributed by atoms with Gasteiger partial charge in [0.25, 0.3) is 5.91 Å². The van der Waals surface area contributed by atoms with E-state index in [2.05, 4.69) is 15.3 Å². The van der Waals surface area contributed by atoms with Gasteiger partial charge in [-0.05, 0) is 30.2 Å². The molecule has 1 amide bonds. The molecule has 104 valence electrons. The number of benzene rings is 1. The van der Waals surface area contributed by atoms with Crippen molar-refractivity contribution in [2.24, 2.45) is 0 Å². The number of carbonyl (C=O) groups is 1. The summed E-state index contributed by atoms with van der Waals surface area (Å²) in [4.78, 5) is 19.7. The molecule has 0 unspecified atom stereocenters. The van der Waals surface area contributed by atoms with E-state index in [9.17, 15) is 4.79 Å². The van der Waals surface area contributed by atoms with Crippen molar-refractivity contribution >= 4 is 17.5 Å². The van der Waals surface area contributed by atoms with Crippen molar-refractivity contribution < 1.29 is 9.53 Å². The van der Waals surface area contributed by atoms with Crippen LogP contribution in [0.3, 0.4) is 0 Å². The van der Waals surface area contributed by atoms with E-state index in [-0.39, 0.29) is 11.6 Å². The molecule has 6 heteroatoms. The van der Waals surface area contributed by atoms with E-state index in [4.69, 9.17) is 16.3 Å². The number of nitrogens with one attached hydrogen (secondary N) is 1. The van der Waals surface area contributed by atoms with Crippen LogP contribution in [-0.2, 0) is 6.54 Å². The quantitative estimate of drug-likeness (QED) is 0.939. The lowest BCUT2D eigenvalue weighted by atomic mass is 10.1. The van der Waals surface area contributed by atoms with E-state index in [0.29, 0.717) is 17.3 Å². The Morgan fingerprint density at radius 2 is 2.20 bits per heavy atom. The van der Waals surface area contributed by atoms with Crippen molar-refractivity contribution in [3.05, 3.63) is 52.6 Å². The van der Waals surface area contributed by atoms with Crippen molar-refractivity contribution in [3.63, 3.8) is 0 Å². The summed E-state index contributed by atoms with van der Waals surface area (Å²) in [7, 11) is 1.57. The molecule has 0 aliphatic rings. The Kier molecular flexibility index (Phi) is 4.53. The molecule has 0 saturated carbocycles. The second kappa shape index (κ2) is 6.34. The van der Waals surface area contributed by atoms with Crippen molar-refractivity contribution in [2.45, 2.75) is 13.5 Å². The second-order valence-corrected chi connectivity index (χ2v) is 4.59. The third kappa shape index (κ3) is 3.24. The van der Waals surface area contributed by atoms with Gasteiger partial charge < -0.3 is 10.1 Å². The fraction of sp³-hybridized carbons (Fsp3) is 0.214. The summed E-state index contributed by atoms with van der Waals surface area (Å²) in [6.07, 6.45) is 4.41. The lowest BCUT2D eigenvalue weighted by molar-refractivity contribution is 0.0945. The van der Waals surface area contributed by atoms with E-state index in [1.807, 2.05) is 13.0 Å². The highest BCUT2D eigenvalue weighted by Crippen LogP contribution is 2.27. The fourth-order valence-corrected chi connectivity index (χ4v) is 1.99. The Bertz CT molecular complexity index is 617. The first kappa shape index (κ1) is 14.3. The molecule has 5 nitrogen and oxygen atoms in total.